The molecular formula is C12H22N2O5S. The molecule has 1 atom stereocenters. The topological polar surface area (TPSA) is 95.0 Å². The zero-order valence-electron chi connectivity index (χ0n) is 12.1. The van der Waals surface area contributed by atoms with Crippen LogP contribution in [-0.4, -0.2) is 72.0 Å². The first-order chi connectivity index (χ1) is 9.18. The van der Waals surface area contributed by atoms with Crippen LogP contribution < -0.4 is 0 Å². The molecule has 0 aromatic rings. The molecule has 1 aliphatic rings. The third-order valence-electron chi connectivity index (χ3n) is 3.41. The normalized spacial score (nSPS) is 20.9. The Kier molecular flexibility index (Phi) is 5.38. The molecule has 0 aliphatic carbocycles. The minimum Gasteiger partial charge on any atom is -0.480 e. The summed E-state index contributed by atoms with van der Waals surface area (Å²) in [4.78, 5) is 26.1. The first-order valence-corrected chi connectivity index (χ1v) is 8.49. The zero-order chi connectivity index (χ0) is 15.5. The molecule has 0 aromatic heterocycles. The van der Waals surface area contributed by atoms with E-state index in [0.717, 1.165) is 0 Å². The number of nitrogens with zero attached hydrogens (tertiary/aromatic N) is 2. The van der Waals surface area contributed by atoms with Gasteiger partial charge < -0.3 is 14.9 Å². The van der Waals surface area contributed by atoms with Crippen LogP contribution >= 0.6 is 0 Å². The van der Waals surface area contributed by atoms with Crippen LogP contribution in [0.1, 0.15) is 27.2 Å². The van der Waals surface area contributed by atoms with Gasteiger partial charge >= 0.3 is 12.0 Å². The van der Waals surface area contributed by atoms with Gasteiger partial charge in [-0.2, -0.15) is 0 Å². The molecule has 1 unspecified atom stereocenters. The predicted molar refractivity (Wildman–Crippen MR) is 74.3 cm³/mol. The van der Waals surface area contributed by atoms with Gasteiger partial charge in [-0.25, -0.2) is 13.2 Å². The molecule has 0 bridgehead atoms. The van der Waals surface area contributed by atoms with Crippen molar-refractivity contribution in [2.24, 2.45) is 0 Å². The van der Waals surface area contributed by atoms with Crippen molar-refractivity contribution in [3.05, 3.63) is 0 Å². The maximum absolute atomic E-state index is 12.4. The van der Waals surface area contributed by atoms with E-state index < -0.39 is 34.4 Å². The fourth-order valence-corrected chi connectivity index (χ4v) is 4.14. The van der Waals surface area contributed by atoms with E-state index >= 15 is 0 Å². The lowest BCUT2D eigenvalue weighted by atomic mass is 10.2. The van der Waals surface area contributed by atoms with E-state index in [9.17, 15) is 18.0 Å². The van der Waals surface area contributed by atoms with Crippen LogP contribution in [0, 0.1) is 0 Å². The molecule has 116 valence electrons. The van der Waals surface area contributed by atoms with Crippen molar-refractivity contribution in [2.75, 3.05) is 24.6 Å². The minimum absolute atomic E-state index is 0.00880. The molecule has 8 heteroatoms. The summed E-state index contributed by atoms with van der Waals surface area (Å²) in [5.41, 5.74) is 0. The number of urea groups is 1. The van der Waals surface area contributed by atoms with Crippen LogP contribution in [-0.2, 0) is 14.6 Å². The number of carboxylic acids is 1. The Hall–Kier alpha value is -1.31. The van der Waals surface area contributed by atoms with Gasteiger partial charge in [-0.1, -0.05) is 0 Å². The lowest BCUT2D eigenvalue weighted by molar-refractivity contribution is -0.138. The van der Waals surface area contributed by atoms with Gasteiger partial charge in [0.15, 0.2) is 9.84 Å². The number of rotatable bonds is 5. The average Bonchev–Trinajstić information content (AvgIpc) is 2.66. The molecule has 2 amide bonds. The predicted octanol–water partition coefficient (Wildman–Crippen LogP) is 0.410. The molecule has 0 aromatic carbocycles. The lowest BCUT2D eigenvalue weighted by Crippen LogP contribution is -2.52. The molecule has 7 nitrogen and oxygen atoms in total. The van der Waals surface area contributed by atoms with Crippen LogP contribution in [0.4, 0.5) is 4.79 Å². The van der Waals surface area contributed by atoms with E-state index in [1.54, 1.807) is 0 Å². The van der Waals surface area contributed by atoms with Gasteiger partial charge in [-0.05, 0) is 27.2 Å². The molecule has 0 saturated carbocycles. The second kappa shape index (κ2) is 6.43. The van der Waals surface area contributed by atoms with Crippen molar-refractivity contribution in [2.45, 2.75) is 39.3 Å². The smallest absolute Gasteiger partial charge is 0.323 e. The number of hydrogen-bond donors (Lipinski definition) is 1. The fourth-order valence-electron chi connectivity index (χ4n) is 2.41. The van der Waals surface area contributed by atoms with Crippen molar-refractivity contribution in [3.63, 3.8) is 0 Å². The van der Waals surface area contributed by atoms with Gasteiger partial charge in [0.05, 0.1) is 11.5 Å². The van der Waals surface area contributed by atoms with Crippen molar-refractivity contribution in [3.8, 4) is 0 Å². The van der Waals surface area contributed by atoms with E-state index in [1.165, 1.54) is 9.80 Å². The summed E-state index contributed by atoms with van der Waals surface area (Å²) in [5.74, 6) is -1.28. The zero-order valence-corrected chi connectivity index (χ0v) is 12.9. The molecule has 0 radical (unpaired) electrons. The largest absolute Gasteiger partial charge is 0.480 e. The van der Waals surface area contributed by atoms with Gasteiger partial charge in [-0.15, -0.1) is 0 Å². The van der Waals surface area contributed by atoms with Crippen molar-refractivity contribution >= 4 is 21.8 Å². The van der Waals surface area contributed by atoms with E-state index in [4.69, 9.17) is 5.11 Å². The van der Waals surface area contributed by atoms with Crippen LogP contribution in [0.25, 0.3) is 0 Å². The van der Waals surface area contributed by atoms with E-state index in [0.29, 0.717) is 13.0 Å². The number of sulfone groups is 1. The van der Waals surface area contributed by atoms with Gasteiger partial charge in [0, 0.05) is 18.6 Å². The Labute approximate surface area is 119 Å². The number of carbonyl (C=O) groups excluding carboxylic acids is 1. The van der Waals surface area contributed by atoms with E-state index in [-0.39, 0.29) is 17.5 Å². The Morgan fingerprint density at radius 3 is 2.30 bits per heavy atom. The summed E-state index contributed by atoms with van der Waals surface area (Å²) in [5, 5.41) is 8.95. The molecule has 1 fully saturated rings. The van der Waals surface area contributed by atoms with Crippen LogP contribution in [0.3, 0.4) is 0 Å². The Bertz CT molecular complexity index is 474. The highest BCUT2D eigenvalue weighted by atomic mass is 32.2. The number of aliphatic carboxylic acids is 1. The maximum Gasteiger partial charge on any atom is 0.323 e. The first kappa shape index (κ1) is 16.7. The second-order valence-corrected chi connectivity index (χ2v) is 7.47. The second-order valence-electron chi connectivity index (χ2n) is 5.24. The first-order valence-electron chi connectivity index (χ1n) is 6.67. The summed E-state index contributed by atoms with van der Waals surface area (Å²) in [6.07, 6.45) is 0.303. The van der Waals surface area contributed by atoms with Gasteiger partial charge in [0.25, 0.3) is 0 Å². The standard InChI is InChI=1S/C12H22N2O5S/c1-4-13(9(2)3)12(17)14(7-11(15)16)10-5-6-20(18,19)8-10/h9-10H,4-8H2,1-3H3,(H,15,16). The summed E-state index contributed by atoms with van der Waals surface area (Å²) in [6.45, 7) is 5.47. The molecule has 0 spiro atoms. The number of amides is 2. The summed E-state index contributed by atoms with van der Waals surface area (Å²) in [7, 11) is -3.17. The molecule has 1 heterocycles. The van der Waals surface area contributed by atoms with Crippen molar-refractivity contribution < 1.29 is 23.1 Å². The molecule has 20 heavy (non-hydrogen) atoms. The molecule has 1 rings (SSSR count). The average molecular weight is 306 g/mol. The summed E-state index contributed by atoms with van der Waals surface area (Å²) >= 11 is 0. The third kappa shape index (κ3) is 4.09. The number of hydrogen-bond acceptors (Lipinski definition) is 4. The molecular weight excluding hydrogens is 284 g/mol. The van der Waals surface area contributed by atoms with E-state index in [1.807, 2.05) is 20.8 Å². The van der Waals surface area contributed by atoms with E-state index in [2.05, 4.69) is 0 Å². The monoisotopic (exact) mass is 306 g/mol. The number of carboxylic acid groups (broad SMARTS) is 1. The number of carbonyl (C=O) groups is 2. The SMILES string of the molecule is CCN(C(=O)N(CC(=O)O)C1CCS(=O)(=O)C1)C(C)C. The summed E-state index contributed by atoms with van der Waals surface area (Å²) in [6, 6.07) is -1.02. The van der Waals surface area contributed by atoms with Gasteiger partial charge in [0.2, 0.25) is 0 Å². The fraction of sp³-hybridized carbons (Fsp3) is 0.833. The van der Waals surface area contributed by atoms with Crippen LogP contribution in [0.5, 0.6) is 0 Å². The Morgan fingerprint density at radius 1 is 1.35 bits per heavy atom. The molecule has 1 N–H and O–H groups in total. The Morgan fingerprint density at radius 2 is 1.95 bits per heavy atom. The molecule has 1 aliphatic heterocycles. The Balaban J connectivity index is 2.95. The maximum atomic E-state index is 12.4. The molecule has 1 saturated heterocycles. The highest BCUT2D eigenvalue weighted by Crippen LogP contribution is 2.19. The van der Waals surface area contributed by atoms with Crippen molar-refractivity contribution in [1.82, 2.24) is 9.80 Å². The summed E-state index contributed by atoms with van der Waals surface area (Å²) < 4.78 is 23.1. The highest BCUT2D eigenvalue weighted by Gasteiger charge is 2.37. The third-order valence-corrected chi connectivity index (χ3v) is 5.16. The quantitative estimate of drug-likeness (QED) is 0.794. The lowest BCUT2D eigenvalue weighted by Gasteiger charge is -2.34. The van der Waals surface area contributed by atoms with Gasteiger partial charge in [-0.3, -0.25) is 4.79 Å². The van der Waals surface area contributed by atoms with Crippen molar-refractivity contribution in [1.29, 1.82) is 0 Å². The minimum atomic E-state index is -3.17. The van der Waals surface area contributed by atoms with Gasteiger partial charge in [0.1, 0.15) is 6.54 Å². The van der Waals surface area contributed by atoms with Crippen LogP contribution in [0.2, 0.25) is 0 Å². The van der Waals surface area contributed by atoms with Crippen LogP contribution in [0.15, 0.2) is 0 Å². The highest BCUT2D eigenvalue weighted by molar-refractivity contribution is 7.91.